The van der Waals surface area contributed by atoms with Gasteiger partial charge in [0.15, 0.2) is 0 Å². The largest absolute Gasteiger partial charge is 0.396 e. The van der Waals surface area contributed by atoms with Crippen LogP contribution in [0.5, 0.6) is 0 Å². The van der Waals surface area contributed by atoms with Crippen LogP contribution in [0.4, 0.5) is 0 Å². The summed E-state index contributed by atoms with van der Waals surface area (Å²) < 4.78 is 5.13. The smallest absolute Gasteiger partial charge is 0.251 e. The van der Waals surface area contributed by atoms with E-state index in [1.807, 2.05) is 12.1 Å². The molecule has 0 spiro atoms. The molecule has 1 fully saturated rings. The highest BCUT2D eigenvalue weighted by Gasteiger charge is 2.38. The van der Waals surface area contributed by atoms with Crippen LogP contribution in [0, 0.1) is 5.41 Å². The Hall–Kier alpha value is -1.39. The topological polar surface area (TPSA) is 58.6 Å². The third-order valence-electron chi connectivity index (χ3n) is 4.17. The van der Waals surface area contributed by atoms with Gasteiger partial charge in [-0.2, -0.15) is 0 Å². The number of carbonyl (C=O) groups is 1. The maximum absolute atomic E-state index is 12.3. The molecule has 1 aliphatic heterocycles. The Morgan fingerprint density at radius 3 is 2.89 bits per heavy atom. The second kappa shape index (κ2) is 4.94. The molecule has 1 aliphatic carbocycles. The summed E-state index contributed by atoms with van der Waals surface area (Å²) in [6, 6.07) is 5.95. The van der Waals surface area contributed by atoms with Gasteiger partial charge < -0.3 is 15.2 Å². The second-order valence-electron chi connectivity index (χ2n) is 5.63. The Balaban J connectivity index is 1.69. The number of aliphatic hydroxyl groups excluding tert-OH is 1. The summed E-state index contributed by atoms with van der Waals surface area (Å²) in [6.45, 7) is 1.58. The number of carbonyl (C=O) groups excluding carboxylic acids is 1. The van der Waals surface area contributed by atoms with E-state index in [1.165, 1.54) is 11.1 Å². The first-order valence-electron chi connectivity index (χ1n) is 6.82. The molecule has 1 saturated heterocycles. The van der Waals surface area contributed by atoms with Gasteiger partial charge in [0, 0.05) is 12.1 Å². The molecule has 19 heavy (non-hydrogen) atoms. The lowest BCUT2D eigenvalue weighted by Gasteiger charge is -2.39. The Morgan fingerprint density at radius 2 is 2.21 bits per heavy atom. The van der Waals surface area contributed by atoms with Gasteiger partial charge in [0.25, 0.3) is 5.91 Å². The van der Waals surface area contributed by atoms with Crippen LogP contribution < -0.4 is 5.32 Å². The van der Waals surface area contributed by atoms with Crippen LogP contribution >= 0.6 is 0 Å². The van der Waals surface area contributed by atoms with Crippen LogP contribution in [0.15, 0.2) is 18.2 Å². The van der Waals surface area contributed by atoms with E-state index < -0.39 is 0 Å². The minimum atomic E-state index is -0.270. The molecule has 1 aromatic carbocycles. The number of aliphatic hydroxyl groups is 1. The fourth-order valence-electron chi connectivity index (χ4n) is 2.84. The fraction of sp³-hybridized carbons (Fsp3) is 0.533. The van der Waals surface area contributed by atoms with Gasteiger partial charge >= 0.3 is 0 Å². The highest BCUT2D eigenvalue weighted by Crippen LogP contribution is 2.27. The molecule has 1 amide bonds. The van der Waals surface area contributed by atoms with Crippen molar-refractivity contribution >= 4 is 5.91 Å². The van der Waals surface area contributed by atoms with Crippen LogP contribution in [0.2, 0.25) is 0 Å². The number of hydrogen-bond donors (Lipinski definition) is 2. The zero-order chi connectivity index (χ0) is 13.3. The van der Waals surface area contributed by atoms with Gasteiger partial charge in [0.1, 0.15) is 0 Å². The molecule has 102 valence electrons. The molecule has 0 unspecified atom stereocenters. The van der Waals surface area contributed by atoms with E-state index in [0.717, 1.165) is 24.8 Å². The Bertz CT molecular complexity index is 489. The lowest BCUT2D eigenvalue weighted by Crippen LogP contribution is -2.53. The third-order valence-corrected chi connectivity index (χ3v) is 4.17. The quantitative estimate of drug-likeness (QED) is 0.847. The summed E-state index contributed by atoms with van der Waals surface area (Å²) in [4.78, 5) is 12.3. The number of fused-ring (bicyclic) bond motifs is 1. The number of amides is 1. The molecule has 0 atom stereocenters. The second-order valence-corrected chi connectivity index (χ2v) is 5.63. The number of ether oxygens (including phenoxy) is 1. The van der Waals surface area contributed by atoms with E-state index >= 15 is 0 Å². The molecule has 2 aliphatic rings. The van der Waals surface area contributed by atoms with E-state index in [1.54, 1.807) is 0 Å². The highest BCUT2D eigenvalue weighted by atomic mass is 16.5. The predicted octanol–water partition coefficient (Wildman–Crippen LogP) is 0.914. The number of rotatable bonds is 4. The minimum Gasteiger partial charge on any atom is -0.396 e. The molecule has 4 heteroatoms. The number of nitrogens with one attached hydrogen (secondary N) is 1. The van der Waals surface area contributed by atoms with Crippen molar-refractivity contribution in [2.45, 2.75) is 19.3 Å². The van der Waals surface area contributed by atoms with Gasteiger partial charge in [-0.25, -0.2) is 0 Å². The van der Waals surface area contributed by atoms with E-state index in [-0.39, 0.29) is 17.9 Å². The Kier molecular flexibility index (Phi) is 3.29. The zero-order valence-electron chi connectivity index (χ0n) is 10.9. The van der Waals surface area contributed by atoms with Crippen molar-refractivity contribution in [3.63, 3.8) is 0 Å². The van der Waals surface area contributed by atoms with E-state index in [4.69, 9.17) is 4.74 Å². The van der Waals surface area contributed by atoms with Gasteiger partial charge in [-0.3, -0.25) is 4.79 Å². The van der Waals surface area contributed by atoms with Gasteiger partial charge in [-0.15, -0.1) is 0 Å². The summed E-state index contributed by atoms with van der Waals surface area (Å²) in [6.07, 6.45) is 3.20. The number of aryl methyl sites for hydroxylation is 1. The Morgan fingerprint density at radius 1 is 1.37 bits per heavy atom. The van der Waals surface area contributed by atoms with Crippen molar-refractivity contribution in [1.29, 1.82) is 0 Å². The van der Waals surface area contributed by atoms with Crippen LogP contribution in [-0.4, -0.2) is 37.4 Å². The molecule has 0 aromatic heterocycles. The zero-order valence-corrected chi connectivity index (χ0v) is 10.9. The normalized spacial score (nSPS) is 19.6. The van der Waals surface area contributed by atoms with Crippen molar-refractivity contribution in [3.05, 3.63) is 34.9 Å². The van der Waals surface area contributed by atoms with Crippen LogP contribution in [0.1, 0.15) is 27.9 Å². The molecule has 0 bridgehead atoms. The van der Waals surface area contributed by atoms with Crippen molar-refractivity contribution < 1.29 is 14.6 Å². The molecule has 1 aromatic rings. The van der Waals surface area contributed by atoms with Crippen molar-refractivity contribution in [2.75, 3.05) is 26.4 Å². The SMILES string of the molecule is O=C(NCC1(CO)COC1)c1cccc2c1CCC2. The first-order chi connectivity index (χ1) is 9.24. The lowest BCUT2D eigenvalue weighted by molar-refractivity contribution is -0.133. The Labute approximate surface area is 112 Å². The van der Waals surface area contributed by atoms with E-state index in [0.29, 0.717) is 19.8 Å². The summed E-state index contributed by atoms with van der Waals surface area (Å²) in [5.74, 6) is -0.0292. The average Bonchev–Trinajstić information content (AvgIpc) is 2.85. The highest BCUT2D eigenvalue weighted by molar-refractivity contribution is 5.96. The summed E-state index contributed by atoms with van der Waals surface area (Å²) >= 11 is 0. The standard InChI is InChI=1S/C15H19NO3/c17-8-15(9-19-10-15)7-16-14(18)13-6-2-4-11-3-1-5-12(11)13/h2,4,6,17H,1,3,5,7-10H2,(H,16,18). The molecule has 2 N–H and O–H groups in total. The lowest BCUT2D eigenvalue weighted by atomic mass is 9.87. The summed E-state index contributed by atoms with van der Waals surface area (Å²) in [5.41, 5.74) is 3.02. The van der Waals surface area contributed by atoms with Crippen molar-refractivity contribution in [1.82, 2.24) is 5.32 Å². The van der Waals surface area contributed by atoms with Crippen molar-refractivity contribution in [2.24, 2.45) is 5.41 Å². The molecular formula is C15H19NO3. The van der Waals surface area contributed by atoms with Crippen LogP contribution in [0.25, 0.3) is 0 Å². The molecule has 0 saturated carbocycles. The monoisotopic (exact) mass is 261 g/mol. The van der Waals surface area contributed by atoms with Gasteiger partial charge in [0.2, 0.25) is 0 Å². The van der Waals surface area contributed by atoms with E-state index in [9.17, 15) is 9.90 Å². The number of hydrogen-bond acceptors (Lipinski definition) is 3. The third kappa shape index (κ3) is 2.26. The molecule has 0 radical (unpaired) electrons. The minimum absolute atomic E-state index is 0.0292. The molecular weight excluding hydrogens is 242 g/mol. The molecule has 4 nitrogen and oxygen atoms in total. The van der Waals surface area contributed by atoms with Crippen LogP contribution in [-0.2, 0) is 17.6 Å². The number of benzene rings is 1. The van der Waals surface area contributed by atoms with E-state index in [2.05, 4.69) is 11.4 Å². The maximum atomic E-state index is 12.3. The van der Waals surface area contributed by atoms with Gasteiger partial charge in [-0.05, 0) is 36.5 Å². The van der Waals surface area contributed by atoms with Crippen LogP contribution in [0.3, 0.4) is 0 Å². The average molecular weight is 261 g/mol. The molecule has 1 heterocycles. The first kappa shape index (κ1) is 12.6. The fourth-order valence-corrected chi connectivity index (χ4v) is 2.84. The van der Waals surface area contributed by atoms with Gasteiger partial charge in [-0.1, -0.05) is 12.1 Å². The summed E-state index contributed by atoms with van der Waals surface area (Å²) in [7, 11) is 0. The molecule has 3 rings (SSSR count). The summed E-state index contributed by atoms with van der Waals surface area (Å²) in [5, 5.41) is 12.3. The maximum Gasteiger partial charge on any atom is 0.251 e. The predicted molar refractivity (Wildman–Crippen MR) is 71.1 cm³/mol. The van der Waals surface area contributed by atoms with Gasteiger partial charge in [0.05, 0.1) is 25.2 Å². The first-order valence-corrected chi connectivity index (χ1v) is 6.82. The van der Waals surface area contributed by atoms with Crippen molar-refractivity contribution in [3.8, 4) is 0 Å².